The second-order valence-electron chi connectivity index (χ2n) is 5.19. The van der Waals surface area contributed by atoms with Crippen LogP contribution in [-0.4, -0.2) is 24.2 Å². The van der Waals surface area contributed by atoms with Crippen molar-refractivity contribution < 1.29 is 4.74 Å². The minimum absolute atomic E-state index is 0.602. The third kappa shape index (κ3) is 2.74. The van der Waals surface area contributed by atoms with Crippen molar-refractivity contribution in [2.24, 2.45) is 0 Å². The predicted octanol–water partition coefficient (Wildman–Crippen LogP) is 3.55. The standard InChI is InChI=1S/C15H20N2OS/c1-3-18-12-4-5-13-14(9-12)19-15(17-13)11-6-7-16-10(2)8-11/h4-5,9-11,16H,3,6-8H2,1-2H3. The summed E-state index contributed by atoms with van der Waals surface area (Å²) in [6.45, 7) is 6.08. The summed E-state index contributed by atoms with van der Waals surface area (Å²) in [7, 11) is 0. The quantitative estimate of drug-likeness (QED) is 0.931. The molecule has 0 saturated carbocycles. The van der Waals surface area contributed by atoms with Crippen LogP contribution in [-0.2, 0) is 0 Å². The van der Waals surface area contributed by atoms with Gasteiger partial charge in [0.25, 0.3) is 0 Å². The number of thiazole rings is 1. The van der Waals surface area contributed by atoms with Gasteiger partial charge in [-0.25, -0.2) is 4.98 Å². The molecule has 0 bridgehead atoms. The van der Waals surface area contributed by atoms with Crippen LogP contribution < -0.4 is 10.1 Å². The molecular formula is C15H20N2OS. The Kier molecular flexibility index (Phi) is 3.71. The molecule has 2 unspecified atom stereocenters. The Bertz CT molecular complexity index is 566. The van der Waals surface area contributed by atoms with E-state index in [0.717, 1.165) is 17.8 Å². The zero-order valence-corrected chi connectivity index (χ0v) is 12.3. The average Bonchev–Trinajstić information content (AvgIpc) is 2.82. The van der Waals surface area contributed by atoms with Gasteiger partial charge in [-0.1, -0.05) is 0 Å². The number of rotatable bonds is 3. The molecule has 0 spiro atoms. The van der Waals surface area contributed by atoms with Gasteiger partial charge in [0.1, 0.15) is 5.75 Å². The van der Waals surface area contributed by atoms with E-state index in [1.165, 1.54) is 22.5 Å². The van der Waals surface area contributed by atoms with Gasteiger partial charge in [-0.05, 0) is 51.4 Å². The molecule has 1 aliphatic rings. The first-order chi connectivity index (χ1) is 9.26. The summed E-state index contributed by atoms with van der Waals surface area (Å²) in [5.74, 6) is 1.56. The Morgan fingerprint density at radius 2 is 2.37 bits per heavy atom. The zero-order valence-electron chi connectivity index (χ0n) is 11.5. The summed E-state index contributed by atoms with van der Waals surface area (Å²) in [6, 6.07) is 6.81. The molecule has 1 aromatic heterocycles. The maximum Gasteiger partial charge on any atom is 0.120 e. The molecule has 0 radical (unpaired) electrons. The van der Waals surface area contributed by atoms with Crippen molar-refractivity contribution >= 4 is 21.6 Å². The van der Waals surface area contributed by atoms with Gasteiger partial charge in [0.15, 0.2) is 0 Å². The molecule has 1 fully saturated rings. The molecule has 1 aliphatic heterocycles. The minimum Gasteiger partial charge on any atom is -0.494 e. The second kappa shape index (κ2) is 5.47. The molecule has 3 rings (SSSR count). The molecule has 4 heteroatoms. The number of piperidine rings is 1. The van der Waals surface area contributed by atoms with E-state index in [1.54, 1.807) is 0 Å². The summed E-state index contributed by atoms with van der Waals surface area (Å²) in [5.41, 5.74) is 1.11. The van der Waals surface area contributed by atoms with Crippen molar-refractivity contribution in [3.05, 3.63) is 23.2 Å². The molecule has 1 aromatic carbocycles. The molecule has 19 heavy (non-hydrogen) atoms. The lowest BCUT2D eigenvalue weighted by Crippen LogP contribution is -2.34. The second-order valence-corrected chi connectivity index (χ2v) is 6.25. The first-order valence-electron chi connectivity index (χ1n) is 7.03. The van der Waals surface area contributed by atoms with E-state index < -0.39 is 0 Å². The van der Waals surface area contributed by atoms with E-state index in [9.17, 15) is 0 Å². The van der Waals surface area contributed by atoms with Gasteiger partial charge in [-0.3, -0.25) is 0 Å². The van der Waals surface area contributed by atoms with Gasteiger partial charge in [-0.2, -0.15) is 0 Å². The highest BCUT2D eigenvalue weighted by Gasteiger charge is 2.22. The molecule has 2 aromatic rings. The Morgan fingerprint density at radius 3 is 3.16 bits per heavy atom. The summed E-state index contributed by atoms with van der Waals surface area (Å²) in [4.78, 5) is 4.81. The number of ether oxygens (including phenoxy) is 1. The summed E-state index contributed by atoms with van der Waals surface area (Å²) < 4.78 is 6.80. The zero-order chi connectivity index (χ0) is 13.2. The van der Waals surface area contributed by atoms with Gasteiger partial charge < -0.3 is 10.1 Å². The Labute approximate surface area is 118 Å². The van der Waals surface area contributed by atoms with Crippen LogP contribution in [0.15, 0.2) is 18.2 Å². The van der Waals surface area contributed by atoms with Gasteiger partial charge in [0.05, 0.1) is 21.8 Å². The van der Waals surface area contributed by atoms with Crippen LogP contribution in [0.3, 0.4) is 0 Å². The molecule has 0 amide bonds. The normalized spacial score (nSPS) is 23.7. The largest absolute Gasteiger partial charge is 0.494 e. The SMILES string of the molecule is CCOc1ccc2nc(C3CCNC(C)C3)sc2c1. The van der Waals surface area contributed by atoms with Crippen molar-refractivity contribution in [3.63, 3.8) is 0 Å². The number of fused-ring (bicyclic) bond motifs is 1. The average molecular weight is 276 g/mol. The van der Waals surface area contributed by atoms with Crippen LogP contribution in [0.2, 0.25) is 0 Å². The molecular weight excluding hydrogens is 256 g/mol. The Hall–Kier alpha value is -1.13. The van der Waals surface area contributed by atoms with E-state index in [-0.39, 0.29) is 0 Å². The van der Waals surface area contributed by atoms with E-state index >= 15 is 0 Å². The van der Waals surface area contributed by atoms with Crippen molar-refractivity contribution in [2.45, 2.75) is 38.6 Å². The molecule has 1 saturated heterocycles. The first-order valence-corrected chi connectivity index (χ1v) is 7.84. The lowest BCUT2D eigenvalue weighted by Gasteiger charge is -2.26. The molecule has 0 aliphatic carbocycles. The van der Waals surface area contributed by atoms with Crippen LogP contribution in [0.4, 0.5) is 0 Å². The van der Waals surface area contributed by atoms with E-state index in [2.05, 4.69) is 24.4 Å². The van der Waals surface area contributed by atoms with Gasteiger partial charge in [-0.15, -0.1) is 11.3 Å². The van der Waals surface area contributed by atoms with Crippen LogP contribution in [0.5, 0.6) is 5.75 Å². The molecule has 2 atom stereocenters. The number of nitrogens with one attached hydrogen (secondary N) is 1. The number of benzene rings is 1. The fraction of sp³-hybridized carbons (Fsp3) is 0.533. The van der Waals surface area contributed by atoms with Crippen molar-refractivity contribution in [3.8, 4) is 5.75 Å². The van der Waals surface area contributed by atoms with Crippen LogP contribution in [0, 0.1) is 0 Å². The highest BCUT2D eigenvalue weighted by Crippen LogP contribution is 2.35. The van der Waals surface area contributed by atoms with Crippen molar-refractivity contribution in [2.75, 3.05) is 13.2 Å². The van der Waals surface area contributed by atoms with Gasteiger partial charge in [0, 0.05) is 12.0 Å². The summed E-state index contributed by atoms with van der Waals surface area (Å²) in [5, 5.41) is 4.79. The Morgan fingerprint density at radius 1 is 1.47 bits per heavy atom. The molecule has 102 valence electrons. The monoisotopic (exact) mass is 276 g/mol. The number of hydrogen-bond donors (Lipinski definition) is 1. The third-order valence-corrected chi connectivity index (χ3v) is 4.84. The topological polar surface area (TPSA) is 34.1 Å². The van der Waals surface area contributed by atoms with Gasteiger partial charge in [0.2, 0.25) is 0 Å². The van der Waals surface area contributed by atoms with Gasteiger partial charge >= 0.3 is 0 Å². The number of hydrogen-bond acceptors (Lipinski definition) is 4. The third-order valence-electron chi connectivity index (χ3n) is 3.66. The maximum atomic E-state index is 5.55. The Balaban J connectivity index is 1.88. The lowest BCUT2D eigenvalue weighted by molar-refractivity contribution is 0.341. The smallest absolute Gasteiger partial charge is 0.120 e. The molecule has 2 heterocycles. The minimum atomic E-state index is 0.602. The summed E-state index contributed by atoms with van der Waals surface area (Å²) in [6.07, 6.45) is 2.39. The number of aromatic nitrogens is 1. The fourth-order valence-electron chi connectivity index (χ4n) is 2.71. The van der Waals surface area contributed by atoms with E-state index in [4.69, 9.17) is 9.72 Å². The summed E-state index contributed by atoms with van der Waals surface area (Å²) >= 11 is 1.83. The lowest BCUT2D eigenvalue weighted by atomic mass is 9.94. The van der Waals surface area contributed by atoms with Crippen molar-refractivity contribution in [1.29, 1.82) is 0 Å². The number of nitrogens with zero attached hydrogens (tertiary/aromatic N) is 1. The van der Waals surface area contributed by atoms with Crippen LogP contribution in [0.1, 0.15) is 37.6 Å². The first kappa shape index (κ1) is 12.9. The predicted molar refractivity (Wildman–Crippen MR) is 80.2 cm³/mol. The molecule has 3 nitrogen and oxygen atoms in total. The maximum absolute atomic E-state index is 5.55. The van der Waals surface area contributed by atoms with Crippen molar-refractivity contribution in [1.82, 2.24) is 10.3 Å². The van der Waals surface area contributed by atoms with Crippen LogP contribution in [0.25, 0.3) is 10.2 Å². The molecule has 1 N–H and O–H groups in total. The highest BCUT2D eigenvalue weighted by atomic mass is 32.1. The van der Waals surface area contributed by atoms with Crippen LogP contribution >= 0.6 is 11.3 Å². The fourth-order valence-corrected chi connectivity index (χ4v) is 3.85. The highest BCUT2D eigenvalue weighted by molar-refractivity contribution is 7.18. The van der Waals surface area contributed by atoms with E-state index in [0.29, 0.717) is 18.6 Å². The van der Waals surface area contributed by atoms with E-state index in [1.807, 2.05) is 24.3 Å².